The molecule has 142 valence electrons. The van der Waals surface area contributed by atoms with Gasteiger partial charge < -0.3 is 14.5 Å². The fourth-order valence-corrected chi connectivity index (χ4v) is 2.90. The van der Waals surface area contributed by atoms with Gasteiger partial charge in [0.1, 0.15) is 12.3 Å². The van der Waals surface area contributed by atoms with Crippen molar-refractivity contribution in [3.05, 3.63) is 47.9 Å². The zero-order valence-electron chi connectivity index (χ0n) is 15.4. The van der Waals surface area contributed by atoms with Gasteiger partial charge in [-0.1, -0.05) is 13.8 Å². The predicted molar refractivity (Wildman–Crippen MR) is 98.9 cm³/mol. The quantitative estimate of drug-likeness (QED) is 0.757. The minimum absolute atomic E-state index is 0.121. The van der Waals surface area contributed by atoms with E-state index in [0.29, 0.717) is 30.0 Å². The van der Waals surface area contributed by atoms with Crippen LogP contribution in [0.15, 0.2) is 41.0 Å². The molecule has 1 aromatic carbocycles. The van der Waals surface area contributed by atoms with Gasteiger partial charge in [-0.25, -0.2) is 0 Å². The predicted octanol–water partition coefficient (Wildman–Crippen LogP) is 2.54. The highest BCUT2D eigenvalue weighted by Gasteiger charge is 2.35. The molecule has 3 rings (SSSR count). The number of anilines is 1. The van der Waals surface area contributed by atoms with Gasteiger partial charge in [0, 0.05) is 12.1 Å². The van der Waals surface area contributed by atoms with Crippen molar-refractivity contribution in [3.8, 4) is 5.75 Å². The smallest absolute Gasteiger partial charge is 0.268 e. The number of furan rings is 1. The van der Waals surface area contributed by atoms with E-state index in [9.17, 15) is 14.4 Å². The lowest BCUT2D eigenvalue weighted by molar-refractivity contribution is -0.129. The van der Waals surface area contributed by atoms with Gasteiger partial charge in [-0.2, -0.15) is 0 Å². The molecule has 0 saturated carbocycles. The van der Waals surface area contributed by atoms with E-state index in [2.05, 4.69) is 5.32 Å². The Kier molecular flexibility index (Phi) is 5.59. The second-order valence-electron chi connectivity index (χ2n) is 6.28. The van der Waals surface area contributed by atoms with Crippen LogP contribution in [0.4, 0.5) is 5.69 Å². The number of fused-ring (bicyclic) bond motifs is 1. The number of amides is 2. The monoisotopic (exact) mass is 370 g/mol. The molecule has 2 heterocycles. The number of carbonyl (C=O) groups is 3. The molecule has 1 aliphatic rings. The zero-order chi connectivity index (χ0) is 19.4. The highest BCUT2D eigenvalue weighted by atomic mass is 16.5. The van der Waals surface area contributed by atoms with Crippen molar-refractivity contribution in [1.29, 1.82) is 0 Å². The summed E-state index contributed by atoms with van der Waals surface area (Å²) in [7, 11) is 0. The molecule has 0 bridgehead atoms. The highest BCUT2D eigenvalue weighted by molar-refractivity contribution is 6.10. The van der Waals surface area contributed by atoms with Crippen LogP contribution in [0.3, 0.4) is 0 Å². The molecular weight excluding hydrogens is 348 g/mol. The third kappa shape index (κ3) is 3.86. The largest absolute Gasteiger partial charge is 0.478 e. The fourth-order valence-electron chi connectivity index (χ4n) is 2.90. The van der Waals surface area contributed by atoms with E-state index >= 15 is 0 Å². The molecule has 7 heteroatoms. The van der Waals surface area contributed by atoms with Gasteiger partial charge >= 0.3 is 0 Å². The third-order valence-electron chi connectivity index (χ3n) is 4.31. The normalized spacial score (nSPS) is 15.9. The van der Waals surface area contributed by atoms with Gasteiger partial charge in [-0.15, -0.1) is 0 Å². The highest BCUT2D eigenvalue weighted by Crippen LogP contribution is 2.36. The molecule has 1 N–H and O–H groups in total. The molecule has 2 amide bonds. The van der Waals surface area contributed by atoms with Crippen molar-refractivity contribution in [1.82, 2.24) is 5.32 Å². The number of nitrogens with zero attached hydrogens (tertiary/aromatic N) is 1. The van der Waals surface area contributed by atoms with Gasteiger partial charge in [0.25, 0.3) is 5.91 Å². The van der Waals surface area contributed by atoms with E-state index in [0.717, 1.165) is 6.42 Å². The number of carbonyl (C=O) groups excluding carboxylic acids is 3. The van der Waals surface area contributed by atoms with E-state index in [1.807, 2.05) is 13.8 Å². The molecule has 0 spiro atoms. The van der Waals surface area contributed by atoms with Crippen LogP contribution in [0.1, 0.15) is 42.8 Å². The summed E-state index contributed by atoms with van der Waals surface area (Å²) < 4.78 is 10.9. The van der Waals surface area contributed by atoms with Crippen molar-refractivity contribution in [2.75, 3.05) is 18.0 Å². The Morgan fingerprint density at radius 1 is 1.22 bits per heavy atom. The maximum Gasteiger partial charge on any atom is 0.268 e. The van der Waals surface area contributed by atoms with Crippen LogP contribution in [0, 0.1) is 0 Å². The van der Waals surface area contributed by atoms with Crippen LogP contribution in [-0.2, 0) is 9.59 Å². The van der Waals surface area contributed by atoms with E-state index in [4.69, 9.17) is 9.15 Å². The molecule has 1 aliphatic heterocycles. The number of nitrogens with one attached hydrogen (secondary N) is 1. The Balaban J connectivity index is 1.94. The first-order valence-electron chi connectivity index (χ1n) is 9.02. The van der Waals surface area contributed by atoms with Crippen LogP contribution < -0.4 is 15.0 Å². The molecule has 0 radical (unpaired) electrons. The van der Waals surface area contributed by atoms with Gasteiger partial charge in [0.2, 0.25) is 11.7 Å². The maximum atomic E-state index is 12.8. The zero-order valence-corrected chi connectivity index (χ0v) is 15.4. The number of hydrogen-bond acceptors (Lipinski definition) is 5. The average molecular weight is 370 g/mol. The van der Waals surface area contributed by atoms with Gasteiger partial charge in [-0.05, 0) is 43.2 Å². The number of ketones is 1. The topological polar surface area (TPSA) is 88.9 Å². The first-order chi connectivity index (χ1) is 13.0. The SMILES string of the molecule is CCCNC(=O)CN1C(=O)C(CC)Oc2ccc(C(=O)c3ccco3)cc21. The lowest BCUT2D eigenvalue weighted by Gasteiger charge is -2.34. The first-order valence-corrected chi connectivity index (χ1v) is 9.02. The fraction of sp³-hybridized carbons (Fsp3) is 0.350. The van der Waals surface area contributed by atoms with Crippen LogP contribution in [0.2, 0.25) is 0 Å². The van der Waals surface area contributed by atoms with Crippen molar-refractivity contribution in [2.24, 2.45) is 0 Å². The molecular formula is C20H22N2O5. The summed E-state index contributed by atoms with van der Waals surface area (Å²) in [6.07, 6.45) is 2.06. The van der Waals surface area contributed by atoms with Crippen LogP contribution >= 0.6 is 0 Å². The van der Waals surface area contributed by atoms with E-state index < -0.39 is 6.10 Å². The van der Waals surface area contributed by atoms with Gasteiger partial charge in [0.05, 0.1) is 12.0 Å². The number of rotatable bonds is 7. The first kappa shape index (κ1) is 18.7. The van der Waals surface area contributed by atoms with Crippen LogP contribution in [0.25, 0.3) is 0 Å². The van der Waals surface area contributed by atoms with E-state index in [1.165, 1.54) is 11.2 Å². The molecule has 1 aromatic heterocycles. The summed E-state index contributed by atoms with van der Waals surface area (Å²) in [5.74, 6) is -0.171. The minimum Gasteiger partial charge on any atom is -0.478 e. The van der Waals surface area contributed by atoms with Crippen molar-refractivity contribution in [2.45, 2.75) is 32.8 Å². The van der Waals surface area contributed by atoms with Crippen molar-refractivity contribution >= 4 is 23.3 Å². The third-order valence-corrected chi connectivity index (χ3v) is 4.31. The Hall–Kier alpha value is -3.09. The Morgan fingerprint density at radius 2 is 2.04 bits per heavy atom. The molecule has 27 heavy (non-hydrogen) atoms. The van der Waals surface area contributed by atoms with Crippen molar-refractivity contribution < 1.29 is 23.5 Å². The molecule has 0 aliphatic carbocycles. The summed E-state index contributed by atoms with van der Waals surface area (Å²) in [5.41, 5.74) is 0.766. The molecule has 0 fully saturated rings. The average Bonchev–Trinajstić information content (AvgIpc) is 3.22. The summed E-state index contributed by atoms with van der Waals surface area (Å²) in [6.45, 7) is 4.22. The Labute approximate surface area is 157 Å². The molecule has 1 unspecified atom stereocenters. The Morgan fingerprint density at radius 3 is 2.70 bits per heavy atom. The van der Waals surface area contributed by atoms with Crippen LogP contribution in [-0.4, -0.2) is 36.8 Å². The lowest BCUT2D eigenvalue weighted by atomic mass is 10.0. The maximum absolute atomic E-state index is 12.8. The summed E-state index contributed by atoms with van der Waals surface area (Å²) in [6, 6.07) is 8.05. The van der Waals surface area contributed by atoms with Gasteiger partial charge in [-0.3, -0.25) is 19.3 Å². The second kappa shape index (κ2) is 8.07. The minimum atomic E-state index is -0.650. The molecule has 1 atom stereocenters. The molecule has 7 nitrogen and oxygen atoms in total. The number of ether oxygens (including phenoxy) is 1. The van der Waals surface area contributed by atoms with Crippen LogP contribution in [0.5, 0.6) is 5.75 Å². The van der Waals surface area contributed by atoms with E-state index in [1.54, 1.807) is 30.3 Å². The lowest BCUT2D eigenvalue weighted by Crippen LogP contribution is -2.49. The summed E-state index contributed by atoms with van der Waals surface area (Å²) in [4.78, 5) is 38.9. The summed E-state index contributed by atoms with van der Waals surface area (Å²) in [5, 5.41) is 2.77. The summed E-state index contributed by atoms with van der Waals surface area (Å²) >= 11 is 0. The van der Waals surface area contributed by atoms with Crippen molar-refractivity contribution in [3.63, 3.8) is 0 Å². The Bertz CT molecular complexity index is 844. The van der Waals surface area contributed by atoms with E-state index in [-0.39, 0.29) is 29.9 Å². The number of benzene rings is 1. The standard InChI is InChI=1S/C20H22N2O5/c1-3-9-21-18(23)12-22-14-11-13(19(24)17-6-5-10-26-17)7-8-16(14)27-15(4-2)20(22)25/h5-8,10-11,15H,3-4,9,12H2,1-2H3,(H,21,23). The molecule has 0 saturated heterocycles. The second-order valence-corrected chi connectivity index (χ2v) is 6.28. The van der Waals surface area contributed by atoms with Gasteiger partial charge in [0.15, 0.2) is 11.9 Å². The number of hydrogen-bond donors (Lipinski definition) is 1. The molecule has 2 aromatic rings.